The van der Waals surface area contributed by atoms with Gasteiger partial charge in [0, 0.05) is 27.8 Å². The Morgan fingerprint density at radius 1 is 1.29 bits per heavy atom. The van der Waals surface area contributed by atoms with Gasteiger partial charge in [0.05, 0.1) is 18.8 Å². The minimum Gasteiger partial charge on any atom is -0.382 e. The van der Waals surface area contributed by atoms with E-state index in [1.54, 1.807) is 14.2 Å². The topological polar surface area (TPSA) is 57.2 Å². The van der Waals surface area contributed by atoms with E-state index in [2.05, 4.69) is 0 Å². The fourth-order valence-electron chi connectivity index (χ4n) is 1.70. The van der Waals surface area contributed by atoms with Crippen LogP contribution in [0.2, 0.25) is 0 Å². The lowest BCUT2D eigenvalue weighted by atomic mass is 10.0. The van der Waals surface area contributed by atoms with Crippen molar-refractivity contribution >= 4 is 0 Å². The van der Waals surface area contributed by atoms with Gasteiger partial charge >= 0.3 is 0 Å². The summed E-state index contributed by atoms with van der Waals surface area (Å²) in [5.41, 5.74) is 0. The predicted octanol–water partition coefficient (Wildman–Crippen LogP) is -0.230. The van der Waals surface area contributed by atoms with Crippen molar-refractivity contribution in [1.29, 1.82) is 0 Å². The number of aliphatic hydroxyl groups excluding tert-OH is 1. The van der Waals surface area contributed by atoms with Crippen LogP contribution in [0.1, 0.15) is 6.42 Å². The van der Waals surface area contributed by atoms with E-state index in [4.69, 9.17) is 18.9 Å². The second-order valence-corrected chi connectivity index (χ2v) is 3.31. The zero-order chi connectivity index (χ0) is 10.6. The van der Waals surface area contributed by atoms with Crippen LogP contribution >= 0.6 is 0 Å². The summed E-state index contributed by atoms with van der Waals surface area (Å²) in [6.45, 7) is 0.452. The molecule has 5 nitrogen and oxygen atoms in total. The van der Waals surface area contributed by atoms with Crippen LogP contribution in [0.3, 0.4) is 0 Å². The molecule has 0 amide bonds. The predicted molar refractivity (Wildman–Crippen MR) is 49.0 cm³/mol. The van der Waals surface area contributed by atoms with E-state index in [-0.39, 0.29) is 12.2 Å². The zero-order valence-electron chi connectivity index (χ0n) is 8.80. The molecule has 2 unspecified atom stereocenters. The smallest absolute Gasteiger partial charge is 0.184 e. The van der Waals surface area contributed by atoms with E-state index in [9.17, 15) is 5.11 Å². The molecule has 1 rings (SSSR count). The van der Waals surface area contributed by atoms with Gasteiger partial charge in [0.25, 0.3) is 0 Å². The fraction of sp³-hybridized carbons (Fsp3) is 1.00. The van der Waals surface area contributed by atoms with Crippen molar-refractivity contribution < 1.29 is 24.1 Å². The number of aliphatic hydroxyl groups is 1. The van der Waals surface area contributed by atoms with Gasteiger partial charge in [-0.3, -0.25) is 0 Å². The first-order valence-corrected chi connectivity index (χ1v) is 4.61. The molecule has 0 aliphatic carbocycles. The minimum atomic E-state index is -0.946. The van der Waals surface area contributed by atoms with Gasteiger partial charge in [0.2, 0.25) is 0 Å². The highest BCUT2D eigenvalue weighted by Crippen LogP contribution is 2.23. The van der Waals surface area contributed by atoms with Crippen molar-refractivity contribution in [3.8, 4) is 0 Å². The van der Waals surface area contributed by atoms with Crippen LogP contribution in [-0.4, -0.2) is 57.6 Å². The molecule has 1 aliphatic heterocycles. The number of rotatable bonds is 4. The van der Waals surface area contributed by atoms with Gasteiger partial charge in [-0.2, -0.15) is 0 Å². The summed E-state index contributed by atoms with van der Waals surface area (Å²) in [5.74, 6) is 0. The maximum absolute atomic E-state index is 9.58. The van der Waals surface area contributed by atoms with Crippen molar-refractivity contribution in [2.24, 2.45) is 0 Å². The maximum Gasteiger partial charge on any atom is 0.184 e. The standard InChI is InChI=1S/C9H18O5/c1-11-5-6-4-7(12-2)8(13-3)9(10)14-6/h6-10H,4-5H2,1-3H3/t6-,7?,8+,9?/m0/s1. The van der Waals surface area contributed by atoms with Crippen LogP contribution in [0.25, 0.3) is 0 Å². The van der Waals surface area contributed by atoms with Crippen LogP contribution in [0, 0.1) is 0 Å². The Kier molecular flexibility index (Phi) is 4.77. The first-order valence-electron chi connectivity index (χ1n) is 4.61. The van der Waals surface area contributed by atoms with Crippen LogP contribution < -0.4 is 0 Å². The molecular weight excluding hydrogens is 188 g/mol. The molecule has 1 heterocycles. The van der Waals surface area contributed by atoms with Crippen LogP contribution in [0.5, 0.6) is 0 Å². The zero-order valence-corrected chi connectivity index (χ0v) is 8.80. The summed E-state index contributed by atoms with van der Waals surface area (Å²) in [6.07, 6.45) is -0.984. The van der Waals surface area contributed by atoms with E-state index in [0.29, 0.717) is 13.0 Å². The summed E-state index contributed by atoms with van der Waals surface area (Å²) in [5, 5.41) is 9.58. The van der Waals surface area contributed by atoms with E-state index in [1.165, 1.54) is 7.11 Å². The Morgan fingerprint density at radius 3 is 2.50 bits per heavy atom. The molecule has 0 aromatic heterocycles. The second kappa shape index (κ2) is 5.63. The summed E-state index contributed by atoms with van der Waals surface area (Å²) >= 11 is 0. The molecule has 0 spiro atoms. The third kappa shape index (κ3) is 2.65. The average Bonchev–Trinajstić information content (AvgIpc) is 2.17. The van der Waals surface area contributed by atoms with Gasteiger partial charge in [-0.15, -0.1) is 0 Å². The van der Waals surface area contributed by atoms with E-state index >= 15 is 0 Å². The van der Waals surface area contributed by atoms with Gasteiger partial charge in [-0.05, 0) is 0 Å². The largest absolute Gasteiger partial charge is 0.382 e. The third-order valence-corrected chi connectivity index (χ3v) is 2.40. The monoisotopic (exact) mass is 206 g/mol. The van der Waals surface area contributed by atoms with Crippen LogP contribution in [0.4, 0.5) is 0 Å². The van der Waals surface area contributed by atoms with Gasteiger partial charge < -0.3 is 24.1 Å². The SMILES string of the molecule is COC[C@@H]1CC(OC)[C@@H](OC)C(O)O1. The van der Waals surface area contributed by atoms with E-state index in [0.717, 1.165) is 0 Å². The number of methoxy groups -OCH3 is 3. The second-order valence-electron chi connectivity index (χ2n) is 3.31. The highest BCUT2D eigenvalue weighted by molar-refractivity contribution is 4.82. The average molecular weight is 206 g/mol. The molecule has 0 aromatic rings. The molecule has 4 atom stereocenters. The number of hydrogen-bond acceptors (Lipinski definition) is 5. The molecule has 1 saturated heterocycles. The first-order chi connectivity index (χ1) is 6.72. The molecule has 0 radical (unpaired) electrons. The van der Waals surface area contributed by atoms with Gasteiger partial charge in [0.1, 0.15) is 6.10 Å². The quantitative estimate of drug-likeness (QED) is 0.688. The molecule has 1 aliphatic rings. The molecule has 0 bridgehead atoms. The Morgan fingerprint density at radius 2 is 2.00 bits per heavy atom. The summed E-state index contributed by atoms with van der Waals surface area (Å²) in [7, 11) is 4.72. The summed E-state index contributed by atoms with van der Waals surface area (Å²) in [6, 6.07) is 0. The van der Waals surface area contributed by atoms with Gasteiger partial charge in [-0.1, -0.05) is 0 Å². The lowest BCUT2D eigenvalue weighted by molar-refractivity contribution is -0.263. The molecule has 14 heavy (non-hydrogen) atoms. The van der Waals surface area contributed by atoms with Crippen molar-refractivity contribution in [2.75, 3.05) is 27.9 Å². The Bertz CT molecular complexity index is 163. The molecule has 1 N–H and O–H groups in total. The van der Waals surface area contributed by atoms with Gasteiger partial charge in [-0.25, -0.2) is 0 Å². The van der Waals surface area contributed by atoms with Gasteiger partial charge in [0.15, 0.2) is 6.29 Å². The molecule has 0 aromatic carbocycles. The van der Waals surface area contributed by atoms with Crippen molar-refractivity contribution in [1.82, 2.24) is 0 Å². The first kappa shape index (κ1) is 11.9. The van der Waals surface area contributed by atoms with Crippen molar-refractivity contribution in [2.45, 2.75) is 31.0 Å². The van der Waals surface area contributed by atoms with E-state index in [1.807, 2.05) is 0 Å². The lowest BCUT2D eigenvalue weighted by Crippen LogP contribution is -2.51. The fourth-order valence-corrected chi connectivity index (χ4v) is 1.70. The molecular formula is C9H18O5. The molecule has 1 fully saturated rings. The summed E-state index contributed by atoms with van der Waals surface area (Å²) in [4.78, 5) is 0. The van der Waals surface area contributed by atoms with Crippen LogP contribution in [0.15, 0.2) is 0 Å². The van der Waals surface area contributed by atoms with Crippen molar-refractivity contribution in [3.05, 3.63) is 0 Å². The highest BCUT2D eigenvalue weighted by atomic mass is 16.7. The Hall–Kier alpha value is -0.200. The normalized spacial score (nSPS) is 38.6. The number of ether oxygens (including phenoxy) is 4. The number of hydrogen-bond donors (Lipinski definition) is 1. The minimum absolute atomic E-state index is 0.133. The highest BCUT2D eigenvalue weighted by Gasteiger charge is 2.38. The Labute approximate surface area is 83.9 Å². The summed E-state index contributed by atoms with van der Waals surface area (Å²) < 4.78 is 20.6. The molecule has 5 heteroatoms. The maximum atomic E-state index is 9.58. The van der Waals surface area contributed by atoms with Crippen LogP contribution in [-0.2, 0) is 18.9 Å². The molecule has 0 saturated carbocycles. The lowest BCUT2D eigenvalue weighted by Gasteiger charge is -2.37. The molecule has 84 valence electrons. The van der Waals surface area contributed by atoms with Crippen molar-refractivity contribution in [3.63, 3.8) is 0 Å². The Balaban J connectivity index is 2.53. The third-order valence-electron chi connectivity index (χ3n) is 2.40. The van der Waals surface area contributed by atoms with E-state index < -0.39 is 12.4 Å².